The quantitative estimate of drug-likeness (QED) is 0.237. The molecule has 0 saturated heterocycles. The molecule has 15 heavy (non-hydrogen) atoms. The Morgan fingerprint density at radius 1 is 1.47 bits per heavy atom. The van der Waals surface area contributed by atoms with E-state index in [1.807, 2.05) is 29.5 Å². The van der Waals surface area contributed by atoms with Gasteiger partial charge >= 0.3 is 0 Å². The minimum Gasteiger partial charge on any atom is -0.389 e. The molecule has 2 N–H and O–H groups in total. The average molecular weight is 328 g/mol. The van der Waals surface area contributed by atoms with Crippen LogP contribution in [0.5, 0.6) is 0 Å². The van der Waals surface area contributed by atoms with Crippen molar-refractivity contribution in [3.05, 3.63) is 12.2 Å². The number of aliphatic hydroxyl groups excluding tert-OH is 1. The lowest BCUT2D eigenvalue weighted by Gasteiger charge is -2.18. The number of methoxy groups -OCH3 is 1. The number of ether oxygens (including phenoxy) is 1. The van der Waals surface area contributed by atoms with Gasteiger partial charge in [-0.25, -0.2) is 0 Å². The lowest BCUT2D eigenvalue weighted by atomic mass is 10.0. The van der Waals surface area contributed by atoms with Crippen LogP contribution in [0.2, 0.25) is 0 Å². The van der Waals surface area contributed by atoms with E-state index < -0.39 is 3.79 Å². The topological polar surface area (TPSA) is 49.7 Å². The summed E-state index contributed by atoms with van der Waals surface area (Å²) in [6.07, 6.45) is 3.82. The molecule has 0 fully saturated rings. The second-order valence-corrected chi connectivity index (χ2v) is 5.54. The molecule has 0 aliphatic heterocycles. The van der Waals surface area contributed by atoms with Gasteiger partial charge in [0.2, 0.25) is 3.79 Å². The molecule has 0 rings (SSSR count). The smallest absolute Gasteiger partial charge is 0.218 e. The molecule has 0 radical (unpaired) electrons. The predicted molar refractivity (Wildman–Crippen MR) is 69.9 cm³/mol. The monoisotopic (exact) mass is 328 g/mol. The number of hydrogen-bond acceptors (Lipinski definition) is 3. The molecule has 0 aliphatic carbocycles. The molecule has 0 heterocycles. The van der Waals surface area contributed by atoms with Crippen molar-refractivity contribution in [2.24, 2.45) is 0 Å². The second kappa shape index (κ2) is 7.60. The van der Waals surface area contributed by atoms with E-state index in [0.717, 1.165) is 31.3 Å². The third kappa shape index (κ3) is 8.19. The number of rotatable bonds is 8. The lowest BCUT2D eigenvalue weighted by Crippen LogP contribution is -2.21. The molecule has 0 aliphatic rings. The first-order valence-corrected chi connectivity index (χ1v) is 6.27. The highest BCUT2D eigenvalue weighted by atomic mass is 127. The summed E-state index contributed by atoms with van der Waals surface area (Å²) in [5.74, 6) is 0. The van der Waals surface area contributed by atoms with Crippen molar-refractivity contribution in [1.29, 1.82) is 0 Å². The van der Waals surface area contributed by atoms with Crippen LogP contribution in [0.4, 0.5) is 0 Å². The fraction of sp³-hybridized carbons (Fsp3) is 0.818. The first-order valence-electron chi connectivity index (χ1n) is 5.19. The minimum atomic E-state index is -1.04. The third-order valence-corrected chi connectivity index (χ3v) is 3.32. The fourth-order valence-electron chi connectivity index (χ4n) is 1.21. The maximum atomic E-state index is 9.52. The molecule has 4 heteroatoms. The number of unbranched alkanes of at least 4 members (excludes halogenated alkanes) is 2. The Kier molecular flexibility index (Phi) is 7.77. The van der Waals surface area contributed by atoms with Crippen molar-refractivity contribution < 1.29 is 14.9 Å². The van der Waals surface area contributed by atoms with E-state index in [0.29, 0.717) is 6.42 Å². The number of hydrogen-bond donors (Lipinski definition) is 2. The molecule has 3 nitrogen and oxygen atoms in total. The van der Waals surface area contributed by atoms with E-state index in [9.17, 15) is 10.2 Å². The van der Waals surface area contributed by atoms with Crippen LogP contribution in [-0.4, -0.2) is 27.2 Å². The molecule has 0 spiro atoms. The highest BCUT2D eigenvalue weighted by Gasteiger charge is 2.20. The summed E-state index contributed by atoms with van der Waals surface area (Å²) in [6.45, 7) is 5.53. The summed E-state index contributed by atoms with van der Waals surface area (Å²) >= 11 is 1.89. The van der Waals surface area contributed by atoms with Gasteiger partial charge < -0.3 is 14.9 Å². The van der Waals surface area contributed by atoms with Gasteiger partial charge in [0.15, 0.2) is 0 Å². The molecule has 0 aromatic heterocycles. The largest absolute Gasteiger partial charge is 0.389 e. The van der Waals surface area contributed by atoms with Crippen molar-refractivity contribution in [2.45, 2.75) is 48.9 Å². The summed E-state index contributed by atoms with van der Waals surface area (Å²) in [5, 5.41) is 19.0. The van der Waals surface area contributed by atoms with Crippen LogP contribution >= 0.6 is 22.6 Å². The number of halogens is 1. The van der Waals surface area contributed by atoms with E-state index in [4.69, 9.17) is 4.74 Å². The van der Waals surface area contributed by atoms with Gasteiger partial charge in [-0.3, -0.25) is 0 Å². The zero-order valence-electron chi connectivity index (χ0n) is 9.50. The highest BCUT2D eigenvalue weighted by Crippen LogP contribution is 2.23. The van der Waals surface area contributed by atoms with Crippen LogP contribution in [0.15, 0.2) is 12.2 Å². The van der Waals surface area contributed by atoms with Crippen LogP contribution < -0.4 is 0 Å². The predicted octanol–water partition coefficient (Wildman–Crippen LogP) is 2.60. The average Bonchev–Trinajstić information content (AvgIpc) is 2.16. The van der Waals surface area contributed by atoms with Gasteiger partial charge in [0.05, 0.1) is 6.10 Å². The molecule has 90 valence electrons. The van der Waals surface area contributed by atoms with E-state index >= 15 is 0 Å². The molecule has 2 unspecified atom stereocenters. The van der Waals surface area contributed by atoms with Gasteiger partial charge in [0, 0.05) is 13.5 Å². The molecule has 0 saturated carbocycles. The van der Waals surface area contributed by atoms with Crippen molar-refractivity contribution in [3.8, 4) is 0 Å². The molecule has 0 amide bonds. The Morgan fingerprint density at radius 2 is 2.07 bits per heavy atom. The van der Waals surface area contributed by atoms with Gasteiger partial charge in [-0.2, -0.15) is 0 Å². The maximum Gasteiger partial charge on any atom is 0.218 e. The standard InChI is InChI=1S/C11H21IO3/c1-9(2)10(13)7-5-4-6-8-11(12,14)15-3/h10,13-14H,1,4-8H2,2-3H3. The fourth-order valence-corrected chi connectivity index (χ4v) is 1.59. The van der Waals surface area contributed by atoms with Gasteiger partial charge in [0.25, 0.3) is 0 Å². The number of aliphatic hydroxyl groups is 2. The van der Waals surface area contributed by atoms with E-state index in [-0.39, 0.29) is 6.10 Å². The van der Waals surface area contributed by atoms with Gasteiger partial charge in [-0.15, -0.1) is 0 Å². The molecule has 0 aromatic rings. The van der Waals surface area contributed by atoms with Gasteiger partial charge in [0.1, 0.15) is 0 Å². The van der Waals surface area contributed by atoms with Crippen LogP contribution in [0.3, 0.4) is 0 Å². The van der Waals surface area contributed by atoms with E-state index in [1.165, 1.54) is 7.11 Å². The van der Waals surface area contributed by atoms with Crippen molar-refractivity contribution in [2.75, 3.05) is 7.11 Å². The summed E-state index contributed by atoms with van der Waals surface area (Å²) in [5.41, 5.74) is 0.817. The van der Waals surface area contributed by atoms with E-state index in [1.54, 1.807) is 0 Å². The Morgan fingerprint density at radius 3 is 2.53 bits per heavy atom. The molecule has 2 atom stereocenters. The third-order valence-electron chi connectivity index (χ3n) is 2.34. The summed E-state index contributed by atoms with van der Waals surface area (Å²) in [6, 6.07) is 0. The Hall–Kier alpha value is 0.350. The van der Waals surface area contributed by atoms with Crippen LogP contribution in [0.1, 0.15) is 39.0 Å². The molecular formula is C11H21IO3. The van der Waals surface area contributed by atoms with Crippen molar-refractivity contribution >= 4 is 22.6 Å². The first-order chi connectivity index (χ1) is 6.89. The molecular weight excluding hydrogens is 307 g/mol. The lowest BCUT2D eigenvalue weighted by molar-refractivity contribution is -0.0963. The normalized spacial score (nSPS) is 17.1. The Bertz CT molecular complexity index is 192. The summed E-state index contributed by atoms with van der Waals surface area (Å²) in [7, 11) is 1.50. The maximum absolute atomic E-state index is 9.52. The zero-order valence-corrected chi connectivity index (χ0v) is 11.7. The second-order valence-electron chi connectivity index (χ2n) is 3.85. The minimum absolute atomic E-state index is 0.383. The SMILES string of the molecule is C=C(C)C(O)CCCCCC(O)(I)OC. The van der Waals surface area contributed by atoms with Crippen LogP contribution in [-0.2, 0) is 4.74 Å². The van der Waals surface area contributed by atoms with Crippen LogP contribution in [0, 0.1) is 0 Å². The number of alkyl halides is 1. The van der Waals surface area contributed by atoms with E-state index in [2.05, 4.69) is 6.58 Å². The van der Waals surface area contributed by atoms with Crippen LogP contribution in [0.25, 0.3) is 0 Å². The zero-order chi connectivity index (χ0) is 11.9. The van der Waals surface area contributed by atoms with Crippen molar-refractivity contribution in [3.63, 3.8) is 0 Å². The highest BCUT2D eigenvalue weighted by molar-refractivity contribution is 14.1. The first kappa shape index (κ1) is 15.3. The summed E-state index contributed by atoms with van der Waals surface area (Å²) in [4.78, 5) is 0. The van der Waals surface area contributed by atoms with Gasteiger partial charge in [-0.1, -0.05) is 25.0 Å². The molecule has 0 aromatic carbocycles. The van der Waals surface area contributed by atoms with Crippen molar-refractivity contribution in [1.82, 2.24) is 0 Å². The summed E-state index contributed by atoms with van der Waals surface area (Å²) < 4.78 is 3.85. The Balaban J connectivity index is 3.44. The van der Waals surface area contributed by atoms with Gasteiger partial charge in [-0.05, 0) is 42.4 Å². The molecule has 0 bridgehead atoms. The Labute approximate surface area is 106 Å².